The van der Waals surface area contributed by atoms with Crippen LogP contribution in [0.5, 0.6) is 0 Å². The molecule has 1 saturated heterocycles. The van der Waals surface area contributed by atoms with Crippen LogP contribution in [0.2, 0.25) is 0 Å². The Balaban J connectivity index is 1.55. The molecular weight excluding hydrogens is 412 g/mol. The van der Waals surface area contributed by atoms with Gasteiger partial charge in [-0.3, -0.25) is 10.1 Å². The lowest BCUT2D eigenvalue weighted by molar-refractivity contribution is -0.384. The van der Waals surface area contributed by atoms with E-state index in [9.17, 15) is 19.7 Å². The smallest absolute Gasteiger partial charge is 0.338 e. The monoisotopic (exact) mass is 436 g/mol. The molecule has 1 aromatic heterocycles. The van der Waals surface area contributed by atoms with E-state index < -0.39 is 16.5 Å². The molecule has 0 bridgehead atoms. The number of nitrogens with zero attached hydrogens (tertiary/aromatic N) is 2. The van der Waals surface area contributed by atoms with Crippen LogP contribution in [0.15, 0.2) is 51.7 Å². The Bertz CT molecular complexity index is 1240. The quantitative estimate of drug-likeness (QED) is 0.249. The Labute approximate surface area is 184 Å². The standard InChI is InChI=1S/C24H24N2O6/c1-15-7-9-25(10-8-15)20-6-4-17(12-21(20)26(29)30)24(28)31-14-18-13-23(27)32-22-11-16(2)3-5-19(18)22/h3-6,11-13,15H,7-10,14H2,1-2H3. The number of nitro groups is 1. The molecule has 0 unspecified atom stereocenters. The van der Waals surface area contributed by atoms with Gasteiger partial charge in [-0.15, -0.1) is 0 Å². The highest BCUT2D eigenvalue weighted by atomic mass is 16.6. The number of benzene rings is 2. The fraction of sp³-hybridized carbons (Fsp3) is 0.333. The zero-order valence-electron chi connectivity index (χ0n) is 18.0. The number of carbonyl (C=O) groups excluding carboxylic acids is 1. The fourth-order valence-corrected chi connectivity index (χ4v) is 4.00. The molecule has 3 aromatic rings. The van der Waals surface area contributed by atoms with Crippen molar-refractivity contribution in [1.82, 2.24) is 0 Å². The average molecular weight is 436 g/mol. The highest BCUT2D eigenvalue weighted by molar-refractivity contribution is 5.91. The molecule has 0 amide bonds. The molecule has 8 heteroatoms. The second-order valence-electron chi connectivity index (χ2n) is 8.30. The molecule has 0 aliphatic carbocycles. The van der Waals surface area contributed by atoms with E-state index in [0.29, 0.717) is 28.1 Å². The number of hydrogen-bond donors (Lipinski definition) is 0. The summed E-state index contributed by atoms with van der Waals surface area (Å²) in [5.74, 6) is -0.0969. The average Bonchev–Trinajstić information content (AvgIpc) is 2.77. The van der Waals surface area contributed by atoms with Crippen molar-refractivity contribution in [3.63, 3.8) is 0 Å². The minimum atomic E-state index is -0.694. The zero-order chi connectivity index (χ0) is 22.8. The molecule has 1 fully saturated rings. The zero-order valence-corrected chi connectivity index (χ0v) is 18.0. The SMILES string of the molecule is Cc1ccc2c(COC(=O)c3ccc(N4CCC(C)CC4)c([N+](=O)[O-])c3)cc(=O)oc2c1. The number of nitro benzene ring substituents is 1. The maximum atomic E-state index is 12.6. The Hall–Kier alpha value is -3.68. The Morgan fingerprint density at radius 3 is 2.66 bits per heavy atom. The summed E-state index contributed by atoms with van der Waals surface area (Å²) in [7, 11) is 0. The molecule has 0 N–H and O–H groups in total. The van der Waals surface area contributed by atoms with Crippen molar-refractivity contribution in [2.24, 2.45) is 5.92 Å². The summed E-state index contributed by atoms with van der Waals surface area (Å²) in [5.41, 5.74) is 1.82. The molecule has 0 spiro atoms. The third-order valence-electron chi connectivity index (χ3n) is 5.88. The number of rotatable bonds is 5. The van der Waals surface area contributed by atoms with Crippen LogP contribution in [0.3, 0.4) is 0 Å². The molecule has 32 heavy (non-hydrogen) atoms. The summed E-state index contributed by atoms with van der Waals surface area (Å²) in [4.78, 5) is 37.7. The number of piperidine rings is 1. The maximum Gasteiger partial charge on any atom is 0.338 e. The lowest BCUT2D eigenvalue weighted by Crippen LogP contribution is -2.33. The molecular formula is C24H24N2O6. The molecule has 0 radical (unpaired) electrons. The Morgan fingerprint density at radius 2 is 1.94 bits per heavy atom. The highest BCUT2D eigenvalue weighted by Gasteiger charge is 2.25. The Kier molecular flexibility index (Phi) is 5.94. The molecule has 2 heterocycles. The van der Waals surface area contributed by atoms with Gasteiger partial charge >= 0.3 is 11.6 Å². The van der Waals surface area contributed by atoms with E-state index in [0.717, 1.165) is 31.5 Å². The third kappa shape index (κ3) is 4.49. The number of anilines is 1. The summed E-state index contributed by atoms with van der Waals surface area (Å²) in [6.07, 6.45) is 1.94. The summed E-state index contributed by atoms with van der Waals surface area (Å²) in [6.45, 7) is 5.40. The predicted octanol–water partition coefficient (Wildman–Crippen LogP) is 4.60. The number of esters is 1. The second-order valence-corrected chi connectivity index (χ2v) is 8.30. The van der Waals surface area contributed by atoms with Gasteiger partial charge in [0.2, 0.25) is 0 Å². The topological polar surface area (TPSA) is 103 Å². The van der Waals surface area contributed by atoms with Gasteiger partial charge in [-0.2, -0.15) is 0 Å². The normalized spacial score (nSPS) is 14.5. The summed E-state index contributed by atoms with van der Waals surface area (Å²) < 4.78 is 10.6. The van der Waals surface area contributed by atoms with Gasteiger partial charge in [0.15, 0.2) is 0 Å². The summed E-state index contributed by atoms with van der Waals surface area (Å²) in [6, 6.07) is 11.1. The van der Waals surface area contributed by atoms with Crippen LogP contribution >= 0.6 is 0 Å². The number of hydrogen-bond acceptors (Lipinski definition) is 7. The molecule has 1 aliphatic heterocycles. The molecule has 0 atom stereocenters. The molecule has 2 aromatic carbocycles. The van der Waals surface area contributed by atoms with Crippen LogP contribution in [0.25, 0.3) is 11.0 Å². The van der Waals surface area contributed by atoms with Gasteiger partial charge in [0.1, 0.15) is 17.9 Å². The first-order valence-corrected chi connectivity index (χ1v) is 10.6. The van der Waals surface area contributed by atoms with E-state index in [1.807, 2.05) is 17.9 Å². The van der Waals surface area contributed by atoms with Gasteiger partial charge in [0, 0.05) is 36.2 Å². The van der Waals surface area contributed by atoms with Crippen molar-refractivity contribution in [2.75, 3.05) is 18.0 Å². The summed E-state index contributed by atoms with van der Waals surface area (Å²) >= 11 is 0. The fourth-order valence-electron chi connectivity index (χ4n) is 4.00. The van der Waals surface area contributed by atoms with Crippen molar-refractivity contribution >= 4 is 28.3 Å². The first-order valence-electron chi connectivity index (χ1n) is 10.6. The molecule has 8 nitrogen and oxygen atoms in total. The van der Waals surface area contributed by atoms with E-state index in [2.05, 4.69) is 6.92 Å². The first kappa shape index (κ1) is 21.5. The van der Waals surface area contributed by atoms with Crippen molar-refractivity contribution in [3.05, 3.63) is 79.7 Å². The van der Waals surface area contributed by atoms with E-state index >= 15 is 0 Å². The van der Waals surface area contributed by atoms with E-state index in [1.165, 1.54) is 12.1 Å². The molecule has 1 aliphatic rings. The van der Waals surface area contributed by atoms with Gasteiger partial charge in [-0.25, -0.2) is 9.59 Å². The van der Waals surface area contributed by atoms with Crippen LogP contribution in [-0.2, 0) is 11.3 Å². The van der Waals surface area contributed by atoms with E-state index in [1.54, 1.807) is 24.3 Å². The number of fused-ring (bicyclic) bond motifs is 1. The third-order valence-corrected chi connectivity index (χ3v) is 5.88. The highest BCUT2D eigenvalue weighted by Crippen LogP contribution is 2.32. The number of carbonyl (C=O) groups is 1. The van der Waals surface area contributed by atoms with Crippen LogP contribution in [0.1, 0.15) is 41.3 Å². The van der Waals surface area contributed by atoms with Gasteiger partial charge in [0.05, 0.1) is 10.5 Å². The molecule has 0 saturated carbocycles. The lowest BCUT2D eigenvalue weighted by atomic mass is 9.98. The van der Waals surface area contributed by atoms with Gasteiger partial charge in [-0.05, 0) is 49.4 Å². The minimum Gasteiger partial charge on any atom is -0.457 e. The van der Waals surface area contributed by atoms with Crippen LogP contribution in [0, 0.1) is 23.0 Å². The Morgan fingerprint density at radius 1 is 1.19 bits per heavy atom. The van der Waals surface area contributed by atoms with Crippen molar-refractivity contribution in [2.45, 2.75) is 33.3 Å². The van der Waals surface area contributed by atoms with Gasteiger partial charge in [-0.1, -0.05) is 19.1 Å². The van der Waals surface area contributed by atoms with Crippen LogP contribution < -0.4 is 10.5 Å². The second kappa shape index (κ2) is 8.82. The van der Waals surface area contributed by atoms with E-state index in [-0.39, 0.29) is 17.9 Å². The van der Waals surface area contributed by atoms with Crippen molar-refractivity contribution in [1.29, 1.82) is 0 Å². The number of aryl methyl sites for hydroxylation is 1. The van der Waals surface area contributed by atoms with Gasteiger partial charge < -0.3 is 14.1 Å². The van der Waals surface area contributed by atoms with Gasteiger partial charge in [0.25, 0.3) is 5.69 Å². The minimum absolute atomic E-state index is 0.0916. The van der Waals surface area contributed by atoms with Crippen molar-refractivity contribution in [3.8, 4) is 0 Å². The lowest BCUT2D eigenvalue weighted by Gasteiger charge is -2.31. The molecule has 4 rings (SSSR count). The number of ether oxygens (including phenoxy) is 1. The first-order chi connectivity index (χ1) is 15.3. The van der Waals surface area contributed by atoms with Crippen LogP contribution in [0.4, 0.5) is 11.4 Å². The largest absolute Gasteiger partial charge is 0.457 e. The summed E-state index contributed by atoms with van der Waals surface area (Å²) in [5, 5.41) is 12.3. The predicted molar refractivity (Wildman–Crippen MR) is 120 cm³/mol. The molecule has 166 valence electrons. The van der Waals surface area contributed by atoms with E-state index in [4.69, 9.17) is 9.15 Å². The maximum absolute atomic E-state index is 12.6. The van der Waals surface area contributed by atoms with Crippen molar-refractivity contribution < 1.29 is 18.9 Å². The van der Waals surface area contributed by atoms with Crippen LogP contribution in [-0.4, -0.2) is 24.0 Å².